The Kier molecular flexibility index (Phi) is 5.47. The fourth-order valence-electron chi connectivity index (χ4n) is 1.72. The van der Waals surface area contributed by atoms with Crippen LogP contribution in [0.4, 0.5) is 15.8 Å². The van der Waals surface area contributed by atoms with E-state index < -0.39 is 34.9 Å². The standard InChI is InChI=1S/C13H11FN4O5S/c1-2-9-12(24-17-16-9)13(20)23-6-11(19)15-7-3-4-8(14)10(5-7)18(21)22/h3-5H,2,6H2,1H3,(H,15,19). The highest BCUT2D eigenvalue weighted by Gasteiger charge is 2.19. The molecule has 2 aromatic rings. The third-order valence-electron chi connectivity index (χ3n) is 2.84. The maximum Gasteiger partial charge on any atom is 0.352 e. The molecule has 2 rings (SSSR count). The number of benzene rings is 1. The second kappa shape index (κ2) is 7.55. The van der Waals surface area contributed by atoms with Crippen LogP contribution in [0.15, 0.2) is 18.2 Å². The van der Waals surface area contributed by atoms with E-state index in [4.69, 9.17) is 4.74 Å². The van der Waals surface area contributed by atoms with Crippen molar-refractivity contribution in [3.8, 4) is 0 Å². The van der Waals surface area contributed by atoms with Crippen molar-refractivity contribution in [3.63, 3.8) is 0 Å². The number of amides is 1. The molecule has 1 aromatic carbocycles. The first kappa shape index (κ1) is 17.4. The Bertz CT molecular complexity index is 794. The van der Waals surface area contributed by atoms with Gasteiger partial charge in [-0.05, 0) is 30.1 Å². The normalized spacial score (nSPS) is 10.2. The summed E-state index contributed by atoms with van der Waals surface area (Å²) in [7, 11) is 0. The number of ether oxygens (including phenoxy) is 1. The molecule has 0 saturated carbocycles. The number of aromatic nitrogens is 2. The maximum atomic E-state index is 13.2. The van der Waals surface area contributed by atoms with Gasteiger partial charge in [0, 0.05) is 11.8 Å². The molecule has 1 N–H and O–H groups in total. The molecule has 1 amide bonds. The van der Waals surface area contributed by atoms with Crippen LogP contribution >= 0.6 is 11.5 Å². The van der Waals surface area contributed by atoms with Crippen molar-refractivity contribution in [2.24, 2.45) is 0 Å². The molecule has 0 unspecified atom stereocenters. The molecule has 1 aromatic heterocycles. The van der Waals surface area contributed by atoms with Crippen molar-refractivity contribution in [2.75, 3.05) is 11.9 Å². The molecular weight excluding hydrogens is 343 g/mol. The van der Waals surface area contributed by atoms with Gasteiger partial charge in [-0.15, -0.1) is 5.10 Å². The summed E-state index contributed by atoms with van der Waals surface area (Å²) < 4.78 is 21.7. The summed E-state index contributed by atoms with van der Waals surface area (Å²) >= 11 is 0.861. The van der Waals surface area contributed by atoms with Crippen LogP contribution in [0, 0.1) is 15.9 Å². The largest absolute Gasteiger partial charge is 0.451 e. The highest BCUT2D eigenvalue weighted by Crippen LogP contribution is 2.21. The predicted octanol–water partition coefficient (Wildman–Crippen LogP) is 1.94. The summed E-state index contributed by atoms with van der Waals surface area (Å²) in [5, 5.41) is 16.7. The first-order chi connectivity index (χ1) is 11.4. The Morgan fingerprint density at radius 3 is 2.88 bits per heavy atom. The highest BCUT2D eigenvalue weighted by molar-refractivity contribution is 7.07. The molecular formula is C13H11FN4O5S. The first-order valence-electron chi connectivity index (χ1n) is 6.64. The Balaban J connectivity index is 1.95. The average molecular weight is 354 g/mol. The van der Waals surface area contributed by atoms with Gasteiger partial charge in [-0.2, -0.15) is 4.39 Å². The Morgan fingerprint density at radius 1 is 1.46 bits per heavy atom. The molecule has 0 radical (unpaired) electrons. The Morgan fingerprint density at radius 2 is 2.21 bits per heavy atom. The topological polar surface area (TPSA) is 124 Å². The minimum absolute atomic E-state index is 0.0119. The summed E-state index contributed by atoms with van der Waals surface area (Å²) in [4.78, 5) is 33.5. The first-order valence-corrected chi connectivity index (χ1v) is 7.41. The number of carbonyl (C=O) groups excluding carboxylic acids is 2. The van der Waals surface area contributed by atoms with Crippen molar-refractivity contribution in [3.05, 3.63) is 44.7 Å². The third kappa shape index (κ3) is 4.07. The monoisotopic (exact) mass is 354 g/mol. The van der Waals surface area contributed by atoms with Gasteiger partial charge in [0.2, 0.25) is 5.82 Å². The molecule has 9 nitrogen and oxygen atoms in total. The van der Waals surface area contributed by atoms with Gasteiger partial charge >= 0.3 is 11.7 Å². The van der Waals surface area contributed by atoms with E-state index in [2.05, 4.69) is 14.9 Å². The zero-order valence-electron chi connectivity index (χ0n) is 12.3. The zero-order chi connectivity index (χ0) is 17.7. The molecule has 0 bridgehead atoms. The van der Waals surface area contributed by atoms with Crippen molar-refractivity contribution in [2.45, 2.75) is 13.3 Å². The van der Waals surface area contributed by atoms with E-state index in [1.54, 1.807) is 6.92 Å². The number of hydrogen-bond acceptors (Lipinski definition) is 8. The fourth-order valence-corrected chi connectivity index (χ4v) is 2.36. The third-order valence-corrected chi connectivity index (χ3v) is 3.59. The van der Waals surface area contributed by atoms with E-state index in [0.717, 1.165) is 29.7 Å². The van der Waals surface area contributed by atoms with Gasteiger partial charge in [-0.25, -0.2) is 4.79 Å². The van der Waals surface area contributed by atoms with Crippen LogP contribution in [0.5, 0.6) is 0 Å². The number of anilines is 1. The van der Waals surface area contributed by atoms with E-state index in [-0.39, 0.29) is 10.6 Å². The summed E-state index contributed by atoms with van der Waals surface area (Å²) in [5.41, 5.74) is -0.287. The molecule has 24 heavy (non-hydrogen) atoms. The molecule has 0 saturated heterocycles. The Hall–Kier alpha value is -2.95. The molecule has 0 spiro atoms. The minimum Gasteiger partial charge on any atom is -0.451 e. The second-order valence-electron chi connectivity index (χ2n) is 4.45. The quantitative estimate of drug-likeness (QED) is 0.477. The summed E-state index contributed by atoms with van der Waals surface area (Å²) in [5.74, 6) is -2.48. The van der Waals surface area contributed by atoms with Crippen LogP contribution < -0.4 is 5.32 Å². The summed E-state index contributed by atoms with van der Waals surface area (Å²) in [6.07, 6.45) is 0.492. The van der Waals surface area contributed by atoms with E-state index in [1.807, 2.05) is 0 Å². The Labute approximate surface area is 138 Å². The van der Waals surface area contributed by atoms with E-state index in [1.165, 1.54) is 0 Å². The minimum atomic E-state index is -1.02. The molecule has 0 aliphatic heterocycles. The van der Waals surface area contributed by atoms with E-state index in [0.29, 0.717) is 12.1 Å². The number of esters is 1. The lowest BCUT2D eigenvalue weighted by molar-refractivity contribution is -0.387. The van der Waals surface area contributed by atoms with Gasteiger partial charge in [-0.1, -0.05) is 11.4 Å². The van der Waals surface area contributed by atoms with Crippen molar-refractivity contribution in [1.82, 2.24) is 9.59 Å². The van der Waals surface area contributed by atoms with Gasteiger partial charge in [0.15, 0.2) is 11.5 Å². The number of hydrogen-bond donors (Lipinski definition) is 1. The second-order valence-corrected chi connectivity index (χ2v) is 5.20. The smallest absolute Gasteiger partial charge is 0.352 e. The summed E-state index contributed by atoms with van der Waals surface area (Å²) in [6.45, 7) is 1.19. The number of nitro groups is 1. The van der Waals surface area contributed by atoms with Crippen LogP contribution in [0.25, 0.3) is 0 Å². The van der Waals surface area contributed by atoms with E-state index in [9.17, 15) is 24.1 Å². The lowest BCUT2D eigenvalue weighted by Crippen LogP contribution is -2.21. The number of nitrogens with one attached hydrogen (secondary N) is 1. The molecule has 1 heterocycles. The van der Waals surface area contributed by atoms with Crippen LogP contribution in [0.1, 0.15) is 22.3 Å². The number of rotatable bonds is 6. The molecule has 126 valence electrons. The van der Waals surface area contributed by atoms with Gasteiger partial charge in [-0.3, -0.25) is 14.9 Å². The molecule has 0 fully saturated rings. The fraction of sp³-hybridized carbons (Fsp3) is 0.231. The van der Waals surface area contributed by atoms with Crippen LogP contribution in [-0.2, 0) is 16.0 Å². The highest BCUT2D eigenvalue weighted by atomic mass is 32.1. The summed E-state index contributed by atoms with van der Waals surface area (Å²) in [6, 6.07) is 2.89. The number of nitro benzene ring substituents is 1. The van der Waals surface area contributed by atoms with Gasteiger partial charge in [0.05, 0.1) is 10.6 Å². The average Bonchev–Trinajstić information content (AvgIpc) is 3.03. The number of aryl methyl sites for hydroxylation is 1. The number of nitrogens with zero attached hydrogens (tertiary/aromatic N) is 3. The lowest BCUT2D eigenvalue weighted by Gasteiger charge is -2.06. The maximum absolute atomic E-state index is 13.2. The number of halogens is 1. The number of carbonyl (C=O) groups is 2. The van der Waals surface area contributed by atoms with Crippen LogP contribution in [0.2, 0.25) is 0 Å². The van der Waals surface area contributed by atoms with Crippen molar-refractivity contribution < 1.29 is 23.6 Å². The SMILES string of the molecule is CCc1nnsc1C(=O)OCC(=O)Nc1ccc(F)c([N+](=O)[O-])c1. The zero-order valence-corrected chi connectivity index (χ0v) is 13.1. The molecule has 11 heteroatoms. The predicted molar refractivity (Wildman–Crippen MR) is 81.3 cm³/mol. The molecule has 0 aliphatic rings. The van der Waals surface area contributed by atoms with Gasteiger partial charge < -0.3 is 10.1 Å². The van der Waals surface area contributed by atoms with Crippen molar-refractivity contribution >= 4 is 34.8 Å². The van der Waals surface area contributed by atoms with Gasteiger partial charge in [0.25, 0.3) is 5.91 Å². The van der Waals surface area contributed by atoms with Crippen LogP contribution in [0.3, 0.4) is 0 Å². The lowest BCUT2D eigenvalue weighted by atomic mass is 10.2. The van der Waals surface area contributed by atoms with E-state index >= 15 is 0 Å². The molecule has 0 atom stereocenters. The van der Waals surface area contributed by atoms with Crippen molar-refractivity contribution in [1.29, 1.82) is 0 Å². The van der Waals surface area contributed by atoms with Gasteiger partial charge in [0.1, 0.15) is 0 Å². The van der Waals surface area contributed by atoms with Crippen LogP contribution in [-0.4, -0.2) is 33.0 Å². The molecule has 0 aliphatic carbocycles.